The summed E-state index contributed by atoms with van der Waals surface area (Å²) in [6.45, 7) is 3.05. The van der Waals surface area contributed by atoms with Crippen molar-refractivity contribution in [1.29, 1.82) is 0 Å². The molecule has 0 spiro atoms. The van der Waals surface area contributed by atoms with Gasteiger partial charge in [0.2, 0.25) is 0 Å². The Kier molecular flexibility index (Phi) is 5.32. The summed E-state index contributed by atoms with van der Waals surface area (Å²) in [5.74, 6) is 2.31. The van der Waals surface area contributed by atoms with Crippen LogP contribution in [0.2, 0.25) is 0 Å². The fourth-order valence-corrected chi connectivity index (χ4v) is 1.93. The summed E-state index contributed by atoms with van der Waals surface area (Å²) in [6, 6.07) is 0. The van der Waals surface area contributed by atoms with Crippen LogP contribution in [-0.2, 0) is 9.47 Å². The zero-order chi connectivity index (χ0) is 10.3. The van der Waals surface area contributed by atoms with Crippen molar-refractivity contribution in [3.05, 3.63) is 0 Å². The number of halogens is 1. The Morgan fingerprint density at radius 1 is 1.21 bits per heavy atom. The Morgan fingerprint density at radius 3 is 2.50 bits per heavy atom. The molecule has 0 amide bonds. The standard InChI is InChI=1S/C11H17ClO2/c1-2-13-11(14-10-6-9-12)7-4-3-5-8-11/h2-5,7-8,10H2,1H3. The molecule has 1 aliphatic rings. The van der Waals surface area contributed by atoms with Crippen LogP contribution in [0, 0.1) is 11.3 Å². The lowest BCUT2D eigenvalue weighted by Crippen LogP contribution is -2.38. The van der Waals surface area contributed by atoms with Crippen molar-refractivity contribution in [2.24, 2.45) is 0 Å². The van der Waals surface area contributed by atoms with E-state index in [1.54, 1.807) is 0 Å². The second kappa shape index (κ2) is 6.29. The topological polar surface area (TPSA) is 18.5 Å². The zero-order valence-electron chi connectivity index (χ0n) is 8.64. The molecule has 0 bridgehead atoms. The van der Waals surface area contributed by atoms with Crippen LogP contribution in [0.5, 0.6) is 0 Å². The van der Waals surface area contributed by atoms with Gasteiger partial charge in [0.05, 0.1) is 0 Å². The molecule has 1 rings (SSSR count). The molecule has 14 heavy (non-hydrogen) atoms. The number of hydrogen-bond acceptors (Lipinski definition) is 2. The molecule has 0 atom stereocenters. The van der Waals surface area contributed by atoms with Crippen LogP contribution >= 0.6 is 11.6 Å². The lowest BCUT2D eigenvalue weighted by atomic mass is 9.94. The van der Waals surface area contributed by atoms with E-state index in [9.17, 15) is 0 Å². The quantitative estimate of drug-likeness (QED) is 0.532. The van der Waals surface area contributed by atoms with E-state index in [-0.39, 0.29) is 5.79 Å². The van der Waals surface area contributed by atoms with Crippen molar-refractivity contribution in [1.82, 2.24) is 0 Å². The number of hydrogen-bond donors (Lipinski definition) is 0. The van der Waals surface area contributed by atoms with E-state index in [2.05, 4.69) is 11.3 Å². The third-order valence-electron chi connectivity index (χ3n) is 2.50. The highest BCUT2D eigenvalue weighted by Crippen LogP contribution is 2.32. The largest absolute Gasteiger partial charge is 0.350 e. The molecule has 0 aromatic heterocycles. The molecule has 0 radical (unpaired) electrons. The van der Waals surface area contributed by atoms with Crippen LogP contribution in [0.15, 0.2) is 0 Å². The molecule has 0 aliphatic heterocycles. The molecule has 0 heterocycles. The van der Waals surface area contributed by atoms with Gasteiger partial charge in [0.25, 0.3) is 0 Å². The predicted octanol–water partition coefficient (Wildman–Crippen LogP) is 2.90. The molecule has 1 saturated carbocycles. The van der Waals surface area contributed by atoms with Gasteiger partial charge in [-0.05, 0) is 31.4 Å². The molecule has 0 N–H and O–H groups in total. The minimum absolute atomic E-state index is 0.365. The van der Waals surface area contributed by atoms with Gasteiger partial charge in [-0.1, -0.05) is 12.3 Å². The lowest BCUT2D eigenvalue weighted by molar-refractivity contribution is -0.243. The first-order valence-corrected chi connectivity index (χ1v) is 5.57. The summed E-state index contributed by atoms with van der Waals surface area (Å²) in [4.78, 5) is 0. The molecule has 1 aliphatic carbocycles. The SMILES string of the molecule is CCOC1(OCC#CCl)CCCCC1. The molecule has 2 nitrogen and oxygen atoms in total. The summed E-state index contributed by atoms with van der Waals surface area (Å²) in [6.07, 6.45) is 5.58. The van der Waals surface area contributed by atoms with Crippen molar-refractivity contribution in [3.63, 3.8) is 0 Å². The van der Waals surface area contributed by atoms with Crippen LogP contribution in [0.25, 0.3) is 0 Å². The number of ether oxygens (including phenoxy) is 2. The van der Waals surface area contributed by atoms with Crippen LogP contribution in [0.4, 0.5) is 0 Å². The Morgan fingerprint density at radius 2 is 1.93 bits per heavy atom. The lowest BCUT2D eigenvalue weighted by Gasteiger charge is -2.36. The fourth-order valence-electron chi connectivity index (χ4n) is 1.88. The molecular formula is C11H17ClO2. The third kappa shape index (κ3) is 3.49. The van der Waals surface area contributed by atoms with Crippen LogP contribution in [-0.4, -0.2) is 19.0 Å². The molecule has 80 valence electrons. The van der Waals surface area contributed by atoms with Gasteiger partial charge in [-0.3, -0.25) is 0 Å². The van der Waals surface area contributed by atoms with Gasteiger partial charge in [-0.15, -0.1) is 0 Å². The summed E-state index contributed by atoms with van der Waals surface area (Å²) in [5, 5.41) is 2.31. The molecule has 0 aromatic carbocycles. The van der Waals surface area contributed by atoms with Gasteiger partial charge < -0.3 is 9.47 Å². The molecule has 0 saturated heterocycles. The Labute approximate surface area is 90.9 Å². The number of rotatable bonds is 4. The summed E-state index contributed by atoms with van der Waals surface area (Å²) in [7, 11) is 0. The first-order valence-electron chi connectivity index (χ1n) is 5.19. The highest BCUT2D eigenvalue weighted by Gasteiger charge is 2.33. The maximum absolute atomic E-state index is 5.68. The minimum atomic E-state index is -0.381. The molecular weight excluding hydrogens is 200 g/mol. The molecule has 1 fully saturated rings. The zero-order valence-corrected chi connectivity index (χ0v) is 9.40. The molecule has 0 aromatic rings. The van der Waals surface area contributed by atoms with Gasteiger partial charge in [-0.25, -0.2) is 0 Å². The van der Waals surface area contributed by atoms with Crippen LogP contribution < -0.4 is 0 Å². The van der Waals surface area contributed by atoms with E-state index in [4.69, 9.17) is 21.1 Å². The van der Waals surface area contributed by atoms with E-state index in [1.807, 2.05) is 6.92 Å². The van der Waals surface area contributed by atoms with Crippen molar-refractivity contribution in [2.45, 2.75) is 44.8 Å². The van der Waals surface area contributed by atoms with Gasteiger partial charge >= 0.3 is 0 Å². The summed E-state index contributed by atoms with van der Waals surface area (Å²) >= 11 is 5.26. The van der Waals surface area contributed by atoms with Gasteiger partial charge in [0.1, 0.15) is 6.61 Å². The van der Waals surface area contributed by atoms with Crippen molar-refractivity contribution in [2.75, 3.05) is 13.2 Å². The average Bonchev–Trinajstić information content (AvgIpc) is 2.20. The van der Waals surface area contributed by atoms with Crippen LogP contribution in [0.3, 0.4) is 0 Å². The van der Waals surface area contributed by atoms with Crippen LogP contribution in [0.1, 0.15) is 39.0 Å². The first-order chi connectivity index (χ1) is 6.83. The maximum Gasteiger partial charge on any atom is 0.169 e. The maximum atomic E-state index is 5.68. The van der Waals surface area contributed by atoms with E-state index in [0.29, 0.717) is 13.2 Å². The third-order valence-corrected chi connectivity index (χ3v) is 2.63. The van der Waals surface area contributed by atoms with Gasteiger partial charge in [-0.2, -0.15) is 0 Å². The van der Waals surface area contributed by atoms with E-state index < -0.39 is 0 Å². The molecule has 0 unspecified atom stereocenters. The smallest absolute Gasteiger partial charge is 0.169 e. The Bertz CT molecular complexity index is 206. The fraction of sp³-hybridized carbons (Fsp3) is 0.818. The Hall–Kier alpha value is -0.230. The van der Waals surface area contributed by atoms with Crippen molar-refractivity contribution < 1.29 is 9.47 Å². The predicted molar refractivity (Wildman–Crippen MR) is 57.0 cm³/mol. The highest BCUT2D eigenvalue weighted by atomic mass is 35.5. The van der Waals surface area contributed by atoms with Gasteiger partial charge in [0, 0.05) is 24.8 Å². The van der Waals surface area contributed by atoms with E-state index in [0.717, 1.165) is 12.8 Å². The normalized spacial score (nSPS) is 19.9. The minimum Gasteiger partial charge on any atom is -0.350 e. The van der Waals surface area contributed by atoms with Gasteiger partial charge in [0.15, 0.2) is 5.79 Å². The second-order valence-corrected chi connectivity index (χ2v) is 3.65. The summed E-state index contributed by atoms with van der Waals surface area (Å²) in [5.41, 5.74) is 0. The van der Waals surface area contributed by atoms with Crippen molar-refractivity contribution in [3.8, 4) is 11.3 Å². The van der Waals surface area contributed by atoms with Crippen molar-refractivity contribution >= 4 is 11.6 Å². The van der Waals surface area contributed by atoms with E-state index >= 15 is 0 Å². The second-order valence-electron chi connectivity index (χ2n) is 3.46. The van der Waals surface area contributed by atoms with E-state index in [1.165, 1.54) is 19.3 Å². The highest BCUT2D eigenvalue weighted by molar-refractivity contribution is 6.30. The molecule has 3 heteroatoms. The average molecular weight is 217 g/mol. The monoisotopic (exact) mass is 216 g/mol. The first kappa shape index (κ1) is 11.8. The summed E-state index contributed by atoms with van der Waals surface area (Å²) < 4.78 is 11.4. The Balaban J connectivity index is 2.45.